The lowest BCUT2D eigenvalue weighted by Gasteiger charge is -2.38. The summed E-state index contributed by atoms with van der Waals surface area (Å²) in [6.45, 7) is 9.28. The summed E-state index contributed by atoms with van der Waals surface area (Å²) in [5, 5.41) is 11.9. The van der Waals surface area contributed by atoms with Crippen molar-refractivity contribution in [1.82, 2.24) is 13.9 Å². The summed E-state index contributed by atoms with van der Waals surface area (Å²) in [6, 6.07) is -0.157. The van der Waals surface area contributed by atoms with Crippen molar-refractivity contribution in [1.29, 1.82) is 0 Å². The van der Waals surface area contributed by atoms with E-state index in [-0.39, 0.29) is 11.9 Å². The van der Waals surface area contributed by atoms with Crippen LogP contribution in [0.5, 0.6) is 0 Å². The largest absolute Gasteiger partial charge is 0.409 e. The number of nitrogens with two attached hydrogens (primary N) is 1. The third-order valence-electron chi connectivity index (χ3n) is 3.33. The summed E-state index contributed by atoms with van der Waals surface area (Å²) in [4.78, 5) is 2.04. The molecule has 1 atom stereocenters. The predicted octanol–water partition coefficient (Wildman–Crippen LogP) is -0.238. The third-order valence-corrected chi connectivity index (χ3v) is 5.25. The van der Waals surface area contributed by atoms with Crippen molar-refractivity contribution in [3.63, 3.8) is 0 Å². The van der Waals surface area contributed by atoms with E-state index in [1.165, 1.54) is 4.31 Å². The van der Waals surface area contributed by atoms with Crippen LogP contribution in [0.3, 0.4) is 0 Å². The second kappa shape index (κ2) is 6.91. The van der Waals surface area contributed by atoms with E-state index in [9.17, 15) is 8.42 Å². The predicted molar refractivity (Wildman–Crippen MR) is 82.4 cm³/mol. The zero-order valence-electron chi connectivity index (χ0n) is 13.2. The molecule has 1 unspecified atom stereocenters. The summed E-state index contributed by atoms with van der Waals surface area (Å²) >= 11 is 0. The Hall–Kier alpha value is -0.900. The van der Waals surface area contributed by atoms with Gasteiger partial charge in [-0.1, -0.05) is 12.1 Å². The van der Waals surface area contributed by atoms with Gasteiger partial charge in [0.05, 0.1) is 6.04 Å². The molecular formula is C12H27N5O3S. The van der Waals surface area contributed by atoms with E-state index in [4.69, 9.17) is 10.9 Å². The Kier molecular flexibility index (Phi) is 5.97. The number of oxime groups is 1. The molecule has 0 spiro atoms. The van der Waals surface area contributed by atoms with Gasteiger partial charge in [0.15, 0.2) is 5.84 Å². The molecule has 0 amide bonds. The summed E-state index contributed by atoms with van der Waals surface area (Å²) in [6.07, 6.45) is 0.711. The van der Waals surface area contributed by atoms with Crippen LogP contribution in [-0.2, 0) is 10.2 Å². The van der Waals surface area contributed by atoms with Gasteiger partial charge in [-0.15, -0.1) is 0 Å². The van der Waals surface area contributed by atoms with Gasteiger partial charge < -0.3 is 10.9 Å². The van der Waals surface area contributed by atoms with Gasteiger partial charge in [0, 0.05) is 31.7 Å². The molecule has 0 aromatic rings. The Morgan fingerprint density at radius 1 is 1.33 bits per heavy atom. The maximum atomic E-state index is 12.2. The first-order chi connectivity index (χ1) is 9.60. The van der Waals surface area contributed by atoms with Crippen LogP contribution in [0.4, 0.5) is 0 Å². The maximum absolute atomic E-state index is 12.2. The molecule has 1 aliphatic heterocycles. The van der Waals surface area contributed by atoms with Gasteiger partial charge in [-0.3, -0.25) is 4.90 Å². The van der Waals surface area contributed by atoms with Gasteiger partial charge in [-0.25, -0.2) is 0 Å². The van der Waals surface area contributed by atoms with E-state index in [0.29, 0.717) is 32.6 Å². The normalized spacial score (nSPS) is 21.4. The smallest absolute Gasteiger partial charge is 0.280 e. The van der Waals surface area contributed by atoms with E-state index in [1.54, 1.807) is 0 Å². The molecule has 0 aliphatic carbocycles. The first kappa shape index (κ1) is 18.1. The molecule has 1 fully saturated rings. The minimum absolute atomic E-state index is 0.157. The molecule has 1 saturated heterocycles. The van der Waals surface area contributed by atoms with Crippen LogP contribution in [0.15, 0.2) is 5.16 Å². The lowest BCUT2D eigenvalue weighted by molar-refractivity contribution is 0.159. The lowest BCUT2D eigenvalue weighted by Crippen LogP contribution is -2.58. The second-order valence-corrected chi connectivity index (χ2v) is 7.91. The first-order valence-corrected chi connectivity index (χ1v) is 8.55. The molecule has 1 rings (SSSR count). The molecule has 4 N–H and O–H groups in total. The van der Waals surface area contributed by atoms with Gasteiger partial charge in [0.25, 0.3) is 10.2 Å². The average molecular weight is 321 g/mol. The van der Waals surface area contributed by atoms with E-state index in [0.717, 1.165) is 0 Å². The Morgan fingerprint density at radius 2 is 1.86 bits per heavy atom. The molecular weight excluding hydrogens is 294 g/mol. The molecule has 9 heteroatoms. The van der Waals surface area contributed by atoms with Crippen molar-refractivity contribution in [2.45, 2.75) is 45.7 Å². The third kappa shape index (κ3) is 5.10. The van der Waals surface area contributed by atoms with Gasteiger partial charge in [0.2, 0.25) is 0 Å². The molecule has 21 heavy (non-hydrogen) atoms. The minimum Gasteiger partial charge on any atom is -0.409 e. The van der Waals surface area contributed by atoms with E-state index in [2.05, 4.69) is 9.88 Å². The number of rotatable bonds is 5. The molecule has 0 radical (unpaired) electrons. The van der Waals surface area contributed by atoms with Crippen LogP contribution in [0.1, 0.15) is 34.1 Å². The number of nitrogens with zero attached hydrogens (tertiary/aromatic N) is 3. The van der Waals surface area contributed by atoms with Crippen molar-refractivity contribution in [3.8, 4) is 0 Å². The first-order valence-electron chi connectivity index (χ1n) is 7.11. The Labute approximate surface area is 127 Å². The van der Waals surface area contributed by atoms with Crippen LogP contribution < -0.4 is 10.5 Å². The molecule has 0 saturated carbocycles. The monoisotopic (exact) mass is 321 g/mol. The zero-order valence-corrected chi connectivity index (χ0v) is 14.0. The average Bonchev–Trinajstić information content (AvgIpc) is 2.37. The highest BCUT2D eigenvalue weighted by molar-refractivity contribution is 7.87. The highest BCUT2D eigenvalue weighted by atomic mass is 32.2. The fourth-order valence-electron chi connectivity index (χ4n) is 2.43. The summed E-state index contributed by atoms with van der Waals surface area (Å²) in [7, 11) is -3.48. The molecule has 8 nitrogen and oxygen atoms in total. The fraction of sp³-hybridized carbons (Fsp3) is 0.917. The molecule has 0 bridgehead atoms. The highest BCUT2D eigenvalue weighted by Crippen LogP contribution is 2.13. The van der Waals surface area contributed by atoms with Crippen molar-refractivity contribution in [3.05, 3.63) is 0 Å². The molecule has 1 aliphatic rings. The van der Waals surface area contributed by atoms with Crippen LogP contribution in [0.25, 0.3) is 0 Å². The number of amidine groups is 1. The Balaban J connectivity index is 2.67. The van der Waals surface area contributed by atoms with Crippen molar-refractivity contribution in [2.75, 3.05) is 26.2 Å². The fourth-order valence-corrected chi connectivity index (χ4v) is 3.98. The highest BCUT2D eigenvalue weighted by Gasteiger charge is 2.32. The minimum atomic E-state index is -3.48. The quantitative estimate of drug-likeness (QED) is 0.280. The summed E-state index contributed by atoms with van der Waals surface area (Å²) in [5.41, 5.74) is 5.17. The second-order valence-electron chi connectivity index (χ2n) is 6.24. The van der Waals surface area contributed by atoms with Gasteiger partial charge in [-0.05, 0) is 27.2 Å². The number of hydrogen-bond acceptors (Lipinski definition) is 5. The Bertz CT molecular complexity index is 464. The van der Waals surface area contributed by atoms with Crippen molar-refractivity contribution < 1.29 is 13.6 Å². The van der Waals surface area contributed by atoms with Gasteiger partial charge >= 0.3 is 0 Å². The van der Waals surface area contributed by atoms with Gasteiger partial charge in [0.1, 0.15) is 0 Å². The summed E-state index contributed by atoms with van der Waals surface area (Å²) in [5.74, 6) is 0.168. The summed E-state index contributed by atoms with van der Waals surface area (Å²) < 4.78 is 28.6. The van der Waals surface area contributed by atoms with Gasteiger partial charge in [-0.2, -0.15) is 17.4 Å². The topological polar surface area (TPSA) is 111 Å². The molecule has 124 valence electrons. The Morgan fingerprint density at radius 3 is 2.24 bits per heavy atom. The van der Waals surface area contributed by atoms with Crippen molar-refractivity contribution in [2.24, 2.45) is 10.9 Å². The molecule has 0 aromatic heterocycles. The molecule has 1 heterocycles. The standard InChI is InChI=1S/C12H27N5O3S/c1-5-10(11(13)14-18)16-6-8-17(9-7-16)21(19,20)15-12(2,3)4/h10,15,18H,5-9H2,1-4H3,(H2,13,14). The lowest BCUT2D eigenvalue weighted by atomic mass is 10.1. The van der Waals surface area contributed by atoms with E-state index < -0.39 is 15.7 Å². The molecule has 0 aromatic carbocycles. The SMILES string of the molecule is CCC(C(N)=NO)N1CCN(S(=O)(=O)NC(C)(C)C)CC1. The van der Waals surface area contributed by atoms with E-state index >= 15 is 0 Å². The van der Waals surface area contributed by atoms with Crippen molar-refractivity contribution >= 4 is 16.0 Å². The number of piperazine rings is 1. The van der Waals surface area contributed by atoms with Crippen LogP contribution in [-0.4, -0.2) is 66.4 Å². The zero-order chi connectivity index (χ0) is 16.3. The number of hydrogen-bond donors (Lipinski definition) is 3. The van der Waals surface area contributed by atoms with Crippen LogP contribution in [0.2, 0.25) is 0 Å². The van der Waals surface area contributed by atoms with E-state index in [1.807, 2.05) is 32.6 Å². The number of nitrogens with one attached hydrogen (secondary N) is 1. The maximum Gasteiger partial charge on any atom is 0.280 e. The van der Waals surface area contributed by atoms with Crippen LogP contribution >= 0.6 is 0 Å². The van der Waals surface area contributed by atoms with Crippen LogP contribution in [0, 0.1) is 0 Å².